The fourth-order valence-corrected chi connectivity index (χ4v) is 4.10. The number of aryl methyl sites for hydroxylation is 3. The predicted octanol–water partition coefficient (Wildman–Crippen LogP) is 2.75. The van der Waals surface area contributed by atoms with Gasteiger partial charge in [-0.25, -0.2) is 24.8 Å². The van der Waals surface area contributed by atoms with E-state index in [1.54, 1.807) is 16.8 Å². The van der Waals surface area contributed by atoms with Gasteiger partial charge in [-0.05, 0) is 42.7 Å². The van der Waals surface area contributed by atoms with Crippen LogP contribution in [0.15, 0.2) is 16.8 Å². The van der Waals surface area contributed by atoms with E-state index in [9.17, 15) is 19.2 Å². The second kappa shape index (κ2) is 11.1. The minimum Gasteiger partial charge on any atom is -0.463 e. The molecule has 162 valence electrons. The van der Waals surface area contributed by atoms with Gasteiger partial charge in [-0.15, -0.1) is 27.7 Å². The molecule has 0 radical (unpaired) electrons. The lowest BCUT2D eigenvalue weighted by Gasteiger charge is -2.14. The molecule has 0 aliphatic rings. The first-order valence-electron chi connectivity index (χ1n) is 8.83. The van der Waals surface area contributed by atoms with Crippen LogP contribution in [0.4, 0.5) is 19.5 Å². The van der Waals surface area contributed by atoms with Crippen LogP contribution in [-0.4, -0.2) is 50.9 Å². The third-order valence-electron chi connectivity index (χ3n) is 3.69. The molecule has 0 aliphatic heterocycles. The van der Waals surface area contributed by atoms with Crippen LogP contribution in [0.5, 0.6) is 0 Å². The smallest absolute Gasteiger partial charge is 0.436 e. The van der Waals surface area contributed by atoms with Gasteiger partial charge in [0, 0.05) is 23.7 Å². The Hall–Kier alpha value is -3.19. The Labute approximate surface area is 179 Å². The van der Waals surface area contributed by atoms with Gasteiger partial charge in [0.25, 0.3) is 0 Å². The standard InChI is InChI=1S/C17H21N5O6S2/c1-10(23)19-15-20-12(9-30-15)4-5-13-7-11(8-29-13)3-2-6-18-14(24)21-22(16(25)26)17(27)28/h7-9H,2-6H2,1H3,(H,25,26)(H,27,28)(H2,18,21,24)(H,19,20,23). The van der Waals surface area contributed by atoms with Gasteiger partial charge in [0.15, 0.2) is 5.13 Å². The van der Waals surface area contributed by atoms with Crippen molar-refractivity contribution in [3.05, 3.63) is 33.0 Å². The second-order valence-corrected chi connectivity index (χ2v) is 7.97. The molecule has 0 aromatic carbocycles. The summed E-state index contributed by atoms with van der Waals surface area (Å²) in [5, 5.41) is 26.7. The van der Waals surface area contributed by atoms with E-state index in [-0.39, 0.29) is 17.5 Å². The van der Waals surface area contributed by atoms with Crippen molar-refractivity contribution in [1.29, 1.82) is 0 Å². The van der Waals surface area contributed by atoms with Gasteiger partial charge in [0.05, 0.1) is 5.69 Å². The highest BCUT2D eigenvalue weighted by atomic mass is 32.1. The number of carbonyl (C=O) groups excluding carboxylic acids is 2. The van der Waals surface area contributed by atoms with Gasteiger partial charge in [0.2, 0.25) is 5.91 Å². The lowest BCUT2D eigenvalue weighted by molar-refractivity contribution is -0.114. The quantitative estimate of drug-likeness (QED) is 0.302. The van der Waals surface area contributed by atoms with Crippen LogP contribution in [0, 0.1) is 0 Å². The summed E-state index contributed by atoms with van der Waals surface area (Å²) in [5.74, 6) is -0.146. The highest BCUT2D eigenvalue weighted by molar-refractivity contribution is 7.14. The van der Waals surface area contributed by atoms with Gasteiger partial charge in [-0.2, -0.15) is 0 Å². The molecule has 2 heterocycles. The zero-order valence-electron chi connectivity index (χ0n) is 16.0. The maximum Gasteiger partial charge on any atom is 0.436 e. The molecule has 0 unspecified atom stereocenters. The number of nitrogens with zero attached hydrogens (tertiary/aromatic N) is 2. The number of hydrogen-bond acceptors (Lipinski definition) is 7. The molecule has 0 fully saturated rings. The van der Waals surface area contributed by atoms with Crippen molar-refractivity contribution in [3.8, 4) is 0 Å². The number of aromatic nitrogens is 1. The molecular formula is C17H21N5O6S2. The Balaban J connectivity index is 1.68. The molecule has 0 aliphatic carbocycles. The Morgan fingerprint density at radius 3 is 2.47 bits per heavy atom. The molecule has 0 bridgehead atoms. The Morgan fingerprint density at radius 1 is 1.07 bits per heavy atom. The molecule has 5 N–H and O–H groups in total. The average molecular weight is 456 g/mol. The third-order valence-corrected chi connectivity index (χ3v) is 5.55. The molecule has 0 saturated heterocycles. The number of thiophene rings is 1. The number of urea groups is 1. The summed E-state index contributed by atoms with van der Waals surface area (Å²) in [7, 11) is 0. The molecular weight excluding hydrogens is 434 g/mol. The highest BCUT2D eigenvalue weighted by Gasteiger charge is 2.21. The number of carbonyl (C=O) groups is 4. The first-order chi connectivity index (χ1) is 14.2. The second-order valence-electron chi connectivity index (χ2n) is 6.12. The van der Waals surface area contributed by atoms with Crippen molar-refractivity contribution in [2.45, 2.75) is 32.6 Å². The van der Waals surface area contributed by atoms with Crippen LogP contribution in [0.1, 0.15) is 29.5 Å². The molecule has 30 heavy (non-hydrogen) atoms. The summed E-state index contributed by atoms with van der Waals surface area (Å²) < 4.78 is 0. The van der Waals surface area contributed by atoms with Crippen LogP contribution in [0.3, 0.4) is 0 Å². The van der Waals surface area contributed by atoms with E-state index in [0.29, 0.717) is 18.0 Å². The SMILES string of the molecule is CC(=O)Nc1nc(CCc2cc(CCCNC(=O)NN(C(=O)O)C(=O)O)cs2)cs1. The van der Waals surface area contributed by atoms with Crippen molar-refractivity contribution in [3.63, 3.8) is 0 Å². The monoisotopic (exact) mass is 455 g/mol. The zero-order chi connectivity index (χ0) is 22.1. The summed E-state index contributed by atoms with van der Waals surface area (Å²) >= 11 is 3.03. The van der Waals surface area contributed by atoms with Gasteiger partial charge >= 0.3 is 18.2 Å². The molecule has 11 nitrogen and oxygen atoms in total. The predicted molar refractivity (Wildman–Crippen MR) is 111 cm³/mol. The number of hydrogen-bond donors (Lipinski definition) is 5. The zero-order valence-corrected chi connectivity index (χ0v) is 17.6. The van der Waals surface area contributed by atoms with Gasteiger partial charge in [-0.1, -0.05) is 0 Å². The molecule has 0 atom stereocenters. The minimum absolute atomic E-state index is 0.146. The number of rotatable bonds is 8. The van der Waals surface area contributed by atoms with Crippen molar-refractivity contribution in [2.75, 3.05) is 11.9 Å². The van der Waals surface area contributed by atoms with E-state index in [2.05, 4.69) is 21.7 Å². The summed E-state index contributed by atoms with van der Waals surface area (Å²) in [6.07, 6.45) is -0.687. The maximum atomic E-state index is 11.5. The first kappa shape index (κ1) is 23.1. The van der Waals surface area contributed by atoms with E-state index < -0.39 is 18.2 Å². The van der Waals surface area contributed by atoms with E-state index >= 15 is 0 Å². The highest BCUT2D eigenvalue weighted by Crippen LogP contribution is 2.20. The van der Waals surface area contributed by atoms with Gasteiger partial charge < -0.3 is 20.8 Å². The molecule has 2 aromatic heterocycles. The van der Waals surface area contributed by atoms with E-state index in [4.69, 9.17) is 10.2 Å². The normalized spacial score (nSPS) is 10.3. The third kappa shape index (κ3) is 7.67. The summed E-state index contributed by atoms with van der Waals surface area (Å²) in [6, 6.07) is 1.18. The van der Waals surface area contributed by atoms with Crippen LogP contribution in [0.2, 0.25) is 0 Å². The topological polar surface area (TPSA) is 161 Å². The van der Waals surface area contributed by atoms with Crippen LogP contribution in [0.25, 0.3) is 0 Å². The number of hydrazine groups is 1. The molecule has 5 amide bonds. The average Bonchev–Trinajstić information content (AvgIpc) is 3.29. The van der Waals surface area contributed by atoms with Crippen molar-refractivity contribution < 1.29 is 29.4 Å². The minimum atomic E-state index is -1.80. The molecule has 2 aromatic rings. The fraction of sp³-hybridized carbons (Fsp3) is 0.353. The van der Waals surface area contributed by atoms with E-state index in [1.807, 2.05) is 10.8 Å². The number of nitrogens with one attached hydrogen (secondary N) is 3. The lowest BCUT2D eigenvalue weighted by atomic mass is 10.1. The molecule has 0 spiro atoms. The van der Waals surface area contributed by atoms with Crippen LogP contribution >= 0.6 is 22.7 Å². The largest absolute Gasteiger partial charge is 0.463 e. The van der Waals surface area contributed by atoms with Gasteiger partial charge in [-0.3, -0.25) is 4.79 Å². The first-order valence-corrected chi connectivity index (χ1v) is 10.6. The van der Waals surface area contributed by atoms with E-state index in [1.165, 1.54) is 23.1 Å². The van der Waals surface area contributed by atoms with Crippen LogP contribution in [-0.2, 0) is 24.1 Å². The Bertz CT molecular complexity index is 898. The number of amides is 5. The van der Waals surface area contributed by atoms with Crippen LogP contribution < -0.4 is 16.1 Å². The maximum absolute atomic E-state index is 11.5. The van der Waals surface area contributed by atoms with E-state index in [0.717, 1.165) is 24.1 Å². The Morgan fingerprint density at radius 2 is 1.80 bits per heavy atom. The summed E-state index contributed by atoms with van der Waals surface area (Å²) in [6.45, 7) is 1.70. The van der Waals surface area contributed by atoms with Crippen molar-refractivity contribution in [1.82, 2.24) is 20.7 Å². The summed E-state index contributed by atoms with van der Waals surface area (Å²) in [4.78, 5) is 49.5. The number of imide groups is 1. The fourth-order valence-electron chi connectivity index (χ4n) is 2.38. The van der Waals surface area contributed by atoms with Crippen molar-refractivity contribution >= 4 is 51.9 Å². The van der Waals surface area contributed by atoms with Gasteiger partial charge in [0.1, 0.15) is 0 Å². The Kier molecular flexibility index (Phi) is 8.55. The lowest BCUT2D eigenvalue weighted by Crippen LogP contribution is -2.52. The summed E-state index contributed by atoms with van der Waals surface area (Å²) in [5.41, 5.74) is 3.76. The number of thiazole rings is 1. The molecule has 0 saturated carbocycles. The number of anilines is 1. The molecule has 2 rings (SSSR count). The number of carboxylic acid groups (broad SMARTS) is 2. The van der Waals surface area contributed by atoms with Crippen molar-refractivity contribution in [2.24, 2.45) is 0 Å². The molecule has 13 heteroatoms.